The number of rotatable bonds is 1. The lowest BCUT2D eigenvalue weighted by Gasteiger charge is -2.27. The fourth-order valence-electron chi connectivity index (χ4n) is 4.60. The quantitative estimate of drug-likeness (QED) is 0.451. The number of ether oxygens (including phenoxy) is 2. The molecule has 0 fully saturated rings. The molecule has 0 bridgehead atoms. The van der Waals surface area contributed by atoms with Gasteiger partial charge in [-0.3, -0.25) is 0 Å². The number of hydrogen-bond acceptors (Lipinski definition) is 4. The maximum Gasteiger partial charge on any atom is 0.226 e. The van der Waals surface area contributed by atoms with Gasteiger partial charge in [0.2, 0.25) is 12.5 Å². The fraction of sp³-hybridized carbons (Fsp3) is 0.600. The first-order chi connectivity index (χ1) is 15.4. The van der Waals surface area contributed by atoms with Crippen molar-refractivity contribution in [2.24, 2.45) is 0 Å². The predicted molar refractivity (Wildman–Crippen MR) is 144 cm³/mol. The smallest absolute Gasteiger partial charge is 0.226 e. The first-order valence-electron chi connectivity index (χ1n) is 12.6. The largest absolute Gasteiger partial charge is 0.462 e. The summed E-state index contributed by atoms with van der Waals surface area (Å²) in [5.74, 6) is 1.89. The summed E-state index contributed by atoms with van der Waals surface area (Å²) in [6.45, 7) is 27.0. The van der Waals surface area contributed by atoms with Crippen LogP contribution in [-0.2, 0) is 21.7 Å². The van der Waals surface area contributed by atoms with E-state index in [1.54, 1.807) is 0 Å². The van der Waals surface area contributed by atoms with Crippen LogP contribution in [0.1, 0.15) is 105 Å². The first-order valence-corrected chi connectivity index (χ1v) is 12.6. The number of fused-ring (bicyclic) bond motifs is 2. The molecule has 2 atom stereocenters. The van der Waals surface area contributed by atoms with E-state index in [9.17, 15) is 0 Å². The van der Waals surface area contributed by atoms with Crippen LogP contribution >= 0.6 is 0 Å². The molecule has 2 aromatic rings. The summed E-state index contributed by atoms with van der Waals surface area (Å²) in [6, 6.07) is 9.11. The molecule has 0 aliphatic carbocycles. The third-order valence-electron chi connectivity index (χ3n) is 6.89. The summed E-state index contributed by atoms with van der Waals surface area (Å²) in [4.78, 5) is 0. The SMILES string of the molecule is CC(C)(C)c1cc2c(c(C(C)(C)C)c1)OC(C1Nc3cc(C(C)(C)C)cc(C(C)(C)C)c3O1)N2. The van der Waals surface area contributed by atoms with Crippen molar-refractivity contribution in [1.29, 1.82) is 0 Å². The molecule has 4 rings (SSSR count). The maximum atomic E-state index is 6.57. The topological polar surface area (TPSA) is 42.5 Å². The number of nitrogens with one attached hydrogen (secondary N) is 2. The second-order valence-corrected chi connectivity index (χ2v) is 14.2. The van der Waals surface area contributed by atoms with Crippen LogP contribution in [0.4, 0.5) is 11.4 Å². The van der Waals surface area contributed by atoms with Gasteiger partial charge in [0.1, 0.15) is 11.5 Å². The minimum Gasteiger partial charge on any atom is -0.462 e. The van der Waals surface area contributed by atoms with E-state index in [0.717, 1.165) is 22.9 Å². The lowest BCUT2D eigenvalue weighted by Crippen LogP contribution is -2.42. The summed E-state index contributed by atoms with van der Waals surface area (Å²) in [6.07, 6.45) is -0.630. The summed E-state index contributed by atoms with van der Waals surface area (Å²) in [5, 5.41) is 7.26. The Kier molecular flexibility index (Phi) is 5.51. The number of benzene rings is 2. The third-order valence-corrected chi connectivity index (χ3v) is 6.89. The zero-order valence-electron chi connectivity index (χ0n) is 23.3. The number of anilines is 2. The summed E-state index contributed by atoms with van der Waals surface area (Å²) in [7, 11) is 0. The molecule has 2 heterocycles. The van der Waals surface area contributed by atoms with E-state index in [-0.39, 0.29) is 34.1 Å². The molecule has 0 amide bonds. The normalized spacial score (nSPS) is 20.1. The van der Waals surface area contributed by atoms with Crippen molar-refractivity contribution < 1.29 is 9.47 Å². The van der Waals surface area contributed by atoms with E-state index in [0.29, 0.717) is 0 Å². The molecular formula is C30H44N2O2. The number of hydrogen-bond donors (Lipinski definition) is 2. The van der Waals surface area contributed by atoms with Crippen molar-refractivity contribution in [2.45, 2.75) is 117 Å². The molecule has 0 radical (unpaired) electrons. The average Bonchev–Trinajstić information content (AvgIpc) is 3.26. The van der Waals surface area contributed by atoms with Gasteiger partial charge in [0.05, 0.1) is 11.4 Å². The zero-order valence-corrected chi connectivity index (χ0v) is 23.3. The van der Waals surface area contributed by atoms with Crippen LogP contribution in [0.3, 0.4) is 0 Å². The van der Waals surface area contributed by atoms with Crippen LogP contribution < -0.4 is 20.1 Å². The van der Waals surface area contributed by atoms with Gasteiger partial charge in [-0.2, -0.15) is 0 Å². The molecule has 2 aliphatic heterocycles. The van der Waals surface area contributed by atoms with E-state index >= 15 is 0 Å². The molecular weight excluding hydrogens is 420 g/mol. The van der Waals surface area contributed by atoms with Gasteiger partial charge >= 0.3 is 0 Å². The molecule has 186 valence electrons. The molecule has 2 aliphatic rings. The van der Waals surface area contributed by atoms with Gasteiger partial charge in [0.25, 0.3) is 0 Å². The van der Waals surface area contributed by atoms with Crippen molar-refractivity contribution in [2.75, 3.05) is 10.6 Å². The Morgan fingerprint density at radius 1 is 0.500 bits per heavy atom. The molecule has 0 spiro atoms. The lowest BCUT2D eigenvalue weighted by atomic mass is 9.80. The molecule has 0 saturated heterocycles. The molecule has 4 heteroatoms. The van der Waals surface area contributed by atoms with Crippen LogP contribution in [-0.4, -0.2) is 12.5 Å². The van der Waals surface area contributed by atoms with E-state index in [2.05, 4.69) is 118 Å². The summed E-state index contributed by atoms with van der Waals surface area (Å²) < 4.78 is 13.1. The first kappa shape index (κ1) is 24.8. The highest BCUT2D eigenvalue weighted by molar-refractivity contribution is 5.70. The van der Waals surface area contributed by atoms with Gasteiger partial charge in [0, 0.05) is 11.1 Å². The molecule has 0 saturated carbocycles. The van der Waals surface area contributed by atoms with E-state index in [1.807, 2.05) is 0 Å². The van der Waals surface area contributed by atoms with Crippen LogP contribution in [0.2, 0.25) is 0 Å². The summed E-state index contributed by atoms with van der Waals surface area (Å²) >= 11 is 0. The zero-order chi connectivity index (χ0) is 25.4. The van der Waals surface area contributed by atoms with E-state index in [4.69, 9.17) is 9.47 Å². The highest BCUT2D eigenvalue weighted by atomic mass is 16.6. The highest BCUT2D eigenvalue weighted by Crippen LogP contribution is 2.48. The maximum absolute atomic E-state index is 6.57. The van der Waals surface area contributed by atoms with Crippen LogP contribution in [0.15, 0.2) is 24.3 Å². The molecule has 0 aromatic heterocycles. The van der Waals surface area contributed by atoms with Gasteiger partial charge in [-0.1, -0.05) is 95.2 Å². The van der Waals surface area contributed by atoms with Gasteiger partial charge in [-0.15, -0.1) is 0 Å². The lowest BCUT2D eigenvalue weighted by molar-refractivity contribution is 0.110. The Hall–Kier alpha value is -2.36. The van der Waals surface area contributed by atoms with Gasteiger partial charge < -0.3 is 20.1 Å². The second kappa shape index (κ2) is 7.57. The van der Waals surface area contributed by atoms with Crippen molar-refractivity contribution in [3.8, 4) is 11.5 Å². The highest BCUT2D eigenvalue weighted by Gasteiger charge is 2.41. The fourth-order valence-corrected chi connectivity index (χ4v) is 4.60. The van der Waals surface area contributed by atoms with Gasteiger partial charge in [-0.05, 0) is 44.9 Å². The van der Waals surface area contributed by atoms with E-state index in [1.165, 1.54) is 22.3 Å². The minimum atomic E-state index is -0.315. The molecule has 4 nitrogen and oxygen atoms in total. The standard InChI is InChI=1S/C30H44N2O2/c1-27(2,3)17-13-19(29(7,8)9)23-21(15-17)31-25(33-23)26-32-22-16-18(28(4,5)6)14-20(24(22)34-26)30(10,11)12/h13-16,25-26,31-32H,1-12H3. The Labute approximate surface area is 206 Å². The molecule has 2 unspecified atom stereocenters. The van der Waals surface area contributed by atoms with Crippen LogP contribution in [0.5, 0.6) is 11.5 Å². The summed E-state index contributed by atoms with van der Waals surface area (Å²) in [5.41, 5.74) is 7.21. The van der Waals surface area contributed by atoms with Gasteiger partial charge in [0.15, 0.2) is 0 Å². The predicted octanol–water partition coefficient (Wildman–Crippen LogP) is 7.84. The Bertz CT molecular complexity index is 1020. The van der Waals surface area contributed by atoms with Crippen molar-refractivity contribution in [1.82, 2.24) is 0 Å². The van der Waals surface area contributed by atoms with Gasteiger partial charge in [-0.25, -0.2) is 0 Å². The van der Waals surface area contributed by atoms with E-state index < -0.39 is 0 Å². The van der Waals surface area contributed by atoms with Crippen LogP contribution in [0, 0.1) is 0 Å². The van der Waals surface area contributed by atoms with Crippen molar-refractivity contribution >= 4 is 11.4 Å². The minimum absolute atomic E-state index is 0.0319. The third kappa shape index (κ3) is 4.48. The Morgan fingerprint density at radius 2 is 0.824 bits per heavy atom. The monoisotopic (exact) mass is 464 g/mol. The molecule has 2 N–H and O–H groups in total. The Balaban J connectivity index is 1.70. The Morgan fingerprint density at radius 3 is 1.09 bits per heavy atom. The van der Waals surface area contributed by atoms with Crippen molar-refractivity contribution in [3.63, 3.8) is 0 Å². The second-order valence-electron chi connectivity index (χ2n) is 14.2. The molecule has 34 heavy (non-hydrogen) atoms. The van der Waals surface area contributed by atoms with Crippen molar-refractivity contribution in [3.05, 3.63) is 46.5 Å². The average molecular weight is 465 g/mol. The van der Waals surface area contributed by atoms with Crippen LogP contribution in [0.25, 0.3) is 0 Å². The molecule has 2 aromatic carbocycles.